The van der Waals surface area contributed by atoms with Gasteiger partial charge in [-0.2, -0.15) is 0 Å². The van der Waals surface area contributed by atoms with Crippen molar-refractivity contribution in [3.63, 3.8) is 0 Å². The van der Waals surface area contributed by atoms with Gasteiger partial charge in [0.25, 0.3) is 0 Å². The minimum atomic E-state index is -0.432. The first-order valence-electron chi connectivity index (χ1n) is 6.40. The van der Waals surface area contributed by atoms with E-state index in [1.165, 1.54) is 0 Å². The molecule has 0 radical (unpaired) electrons. The second-order valence-electron chi connectivity index (χ2n) is 6.84. The third-order valence-electron chi connectivity index (χ3n) is 4.49. The van der Waals surface area contributed by atoms with E-state index < -0.39 is 5.60 Å². The maximum atomic E-state index is 11.9. The van der Waals surface area contributed by atoms with Crippen LogP contribution in [0.4, 0.5) is 4.79 Å². The predicted octanol–water partition coefficient (Wildman–Crippen LogP) is 1.90. The molecule has 0 spiro atoms. The number of amides is 1. The lowest BCUT2D eigenvalue weighted by Crippen LogP contribution is -2.69. The fourth-order valence-corrected chi connectivity index (χ4v) is 3.21. The summed E-state index contributed by atoms with van der Waals surface area (Å²) in [6, 6.07) is 0. The molecule has 4 nitrogen and oxygen atoms in total. The van der Waals surface area contributed by atoms with Gasteiger partial charge in [-0.25, -0.2) is 4.79 Å². The summed E-state index contributed by atoms with van der Waals surface area (Å²) in [5.41, 5.74) is -0.364. The number of ether oxygens (including phenoxy) is 1. The van der Waals surface area contributed by atoms with Crippen LogP contribution in [0.15, 0.2) is 0 Å². The van der Waals surface area contributed by atoms with E-state index in [1.807, 2.05) is 20.8 Å². The Kier molecular flexibility index (Phi) is 2.69. The molecule has 0 bridgehead atoms. The van der Waals surface area contributed by atoms with Crippen molar-refractivity contribution in [2.45, 2.75) is 52.2 Å². The van der Waals surface area contributed by atoms with Crippen molar-refractivity contribution in [3.05, 3.63) is 0 Å². The van der Waals surface area contributed by atoms with E-state index in [0.29, 0.717) is 5.92 Å². The molecule has 0 aromatic carbocycles. The van der Waals surface area contributed by atoms with Gasteiger partial charge in [-0.3, -0.25) is 0 Å². The highest BCUT2D eigenvalue weighted by Gasteiger charge is 2.64. The summed E-state index contributed by atoms with van der Waals surface area (Å²) in [6.07, 6.45) is 0.745. The van der Waals surface area contributed by atoms with E-state index in [4.69, 9.17) is 4.74 Å². The molecule has 1 amide bonds. The SMILES string of the molecule is C[C@@H]1C[C@]2(NC(=O)OC(C)(C)C)CNC[C@]12C. The predicted molar refractivity (Wildman–Crippen MR) is 66.9 cm³/mol. The van der Waals surface area contributed by atoms with Crippen LogP contribution in [0.3, 0.4) is 0 Å². The molecule has 0 aromatic heterocycles. The largest absolute Gasteiger partial charge is 0.444 e. The zero-order chi connectivity index (χ0) is 12.9. The highest BCUT2D eigenvalue weighted by Crippen LogP contribution is 2.56. The maximum Gasteiger partial charge on any atom is 0.408 e. The van der Waals surface area contributed by atoms with Gasteiger partial charge in [0.15, 0.2) is 0 Å². The Morgan fingerprint density at radius 2 is 2.06 bits per heavy atom. The van der Waals surface area contributed by atoms with Gasteiger partial charge in [0.2, 0.25) is 0 Å². The van der Waals surface area contributed by atoms with Crippen molar-refractivity contribution in [2.75, 3.05) is 13.1 Å². The molecule has 2 rings (SSSR count). The third kappa shape index (κ3) is 1.92. The summed E-state index contributed by atoms with van der Waals surface area (Å²) in [5.74, 6) is 0.646. The van der Waals surface area contributed by atoms with Crippen LogP contribution in [0.2, 0.25) is 0 Å². The topological polar surface area (TPSA) is 50.4 Å². The zero-order valence-electron chi connectivity index (χ0n) is 11.5. The summed E-state index contributed by atoms with van der Waals surface area (Å²) in [5, 5.41) is 6.49. The van der Waals surface area contributed by atoms with Crippen LogP contribution in [0.5, 0.6) is 0 Å². The first kappa shape index (κ1) is 12.7. The van der Waals surface area contributed by atoms with Crippen molar-refractivity contribution in [2.24, 2.45) is 11.3 Å². The summed E-state index contributed by atoms with van der Waals surface area (Å²) in [4.78, 5) is 11.9. The van der Waals surface area contributed by atoms with Crippen LogP contribution >= 0.6 is 0 Å². The van der Waals surface area contributed by atoms with Gasteiger partial charge >= 0.3 is 6.09 Å². The molecule has 1 saturated carbocycles. The quantitative estimate of drug-likeness (QED) is 0.736. The van der Waals surface area contributed by atoms with E-state index in [2.05, 4.69) is 24.5 Å². The molecule has 1 heterocycles. The van der Waals surface area contributed by atoms with Gasteiger partial charge in [0.05, 0.1) is 5.54 Å². The Bertz CT molecular complexity index is 337. The molecule has 4 heteroatoms. The Morgan fingerprint density at radius 1 is 1.41 bits per heavy atom. The Hall–Kier alpha value is -0.770. The van der Waals surface area contributed by atoms with Gasteiger partial charge < -0.3 is 15.4 Å². The minimum absolute atomic E-state index is 0.102. The molecular formula is C13H24N2O2. The summed E-state index contributed by atoms with van der Waals surface area (Å²) in [6.45, 7) is 12.0. The van der Waals surface area contributed by atoms with E-state index >= 15 is 0 Å². The molecule has 2 fully saturated rings. The summed E-state index contributed by atoms with van der Waals surface area (Å²) < 4.78 is 5.35. The summed E-state index contributed by atoms with van der Waals surface area (Å²) >= 11 is 0. The lowest BCUT2D eigenvalue weighted by molar-refractivity contribution is -0.0412. The first-order valence-corrected chi connectivity index (χ1v) is 6.40. The lowest BCUT2D eigenvalue weighted by atomic mass is 9.51. The molecule has 17 heavy (non-hydrogen) atoms. The molecular weight excluding hydrogens is 216 g/mol. The number of hydrogen-bond acceptors (Lipinski definition) is 3. The van der Waals surface area contributed by atoms with Gasteiger partial charge in [-0.1, -0.05) is 13.8 Å². The molecule has 2 N–H and O–H groups in total. The van der Waals surface area contributed by atoms with Crippen LogP contribution in [0, 0.1) is 11.3 Å². The van der Waals surface area contributed by atoms with Gasteiger partial charge in [0.1, 0.15) is 5.60 Å². The fourth-order valence-electron chi connectivity index (χ4n) is 3.21. The van der Waals surface area contributed by atoms with Crippen LogP contribution in [0.25, 0.3) is 0 Å². The molecule has 98 valence electrons. The van der Waals surface area contributed by atoms with E-state index in [1.54, 1.807) is 0 Å². The van der Waals surface area contributed by atoms with Gasteiger partial charge in [-0.05, 0) is 33.1 Å². The third-order valence-corrected chi connectivity index (χ3v) is 4.49. The second kappa shape index (κ2) is 3.61. The molecule has 1 aliphatic carbocycles. The molecule has 1 aliphatic heterocycles. The van der Waals surface area contributed by atoms with E-state index in [0.717, 1.165) is 19.5 Å². The summed E-state index contributed by atoms with van der Waals surface area (Å²) in [7, 11) is 0. The average Bonchev–Trinajstić information content (AvgIpc) is 2.36. The van der Waals surface area contributed by atoms with Crippen LogP contribution in [-0.2, 0) is 4.74 Å². The van der Waals surface area contributed by atoms with E-state index in [-0.39, 0.29) is 17.0 Å². The van der Waals surface area contributed by atoms with Crippen molar-refractivity contribution in [1.82, 2.24) is 10.6 Å². The average molecular weight is 240 g/mol. The molecule has 0 unspecified atom stereocenters. The number of hydrogen-bond donors (Lipinski definition) is 2. The number of alkyl carbamates (subject to hydrolysis) is 1. The van der Waals surface area contributed by atoms with E-state index in [9.17, 15) is 4.79 Å². The monoisotopic (exact) mass is 240 g/mol. The van der Waals surface area contributed by atoms with Crippen LogP contribution in [-0.4, -0.2) is 30.3 Å². The zero-order valence-corrected chi connectivity index (χ0v) is 11.5. The van der Waals surface area contributed by atoms with Gasteiger partial charge in [0, 0.05) is 18.5 Å². The Morgan fingerprint density at radius 3 is 2.59 bits per heavy atom. The Labute approximate surface area is 103 Å². The lowest BCUT2D eigenvalue weighted by Gasteiger charge is -2.58. The number of carbonyl (C=O) groups is 1. The minimum Gasteiger partial charge on any atom is -0.444 e. The standard InChI is InChI=1S/C13H24N2O2/c1-9-6-13(8-14-7-12(9,13)5)15-10(16)17-11(2,3)4/h9,14H,6-8H2,1-5H3,(H,15,16)/t9-,12-,13+/m1/s1. The van der Waals surface area contributed by atoms with Gasteiger partial charge in [-0.15, -0.1) is 0 Å². The fraction of sp³-hybridized carbons (Fsp3) is 0.923. The number of nitrogens with one attached hydrogen (secondary N) is 2. The molecule has 0 aromatic rings. The highest BCUT2D eigenvalue weighted by molar-refractivity contribution is 5.69. The van der Waals surface area contributed by atoms with Crippen molar-refractivity contribution >= 4 is 6.09 Å². The second-order valence-corrected chi connectivity index (χ2v) is 6.84. The van der Waals surface area contributed by atoms with Crippen LogP contribution < -0.4 is 10.6 Å². The van der Waals surface area contributed by atoms with Crippen molar-refractivity contribution in [1.29, 1.82) is 0 Å². The number of fused-ring (bicyclic) bond motifs is 1. The van der Waals surface area contributed by atoms with Crippen molar-refractivity contribution in [3.8, 4) is 0 Å². The van der Waals surface area contributed by atoms with Crippen LogP contribution in [0.1, 0.15) is 41.0 Å². The smallest absolute Gasteiger partial charge is 0.408 e. The Balaban J connectivity index is 2.02. The molecule has 2 aliphatic rings. The maximum absolute atomic E-state index is 11.9. The number of rotatable bonds is 1. The molecule has 3 atom stereocenters. The number of carbonyl (C=O) groups excluding carboxylic acids is 1. The van der Waals surface area contributed by atoms with Crippen molar-refractivity contribution < 1.29 is 9.53 Å². The first-order chi connectivity index (χ1) is 7.69. The normalized spacial score (nSPS) is 40.4. The highest BCUT2D eigenvalue weighted by atomic mass is 16.6. The molecule has 1 saturated heterocycles.